The molecule has 1 aliphatic carbocycles. The van der Waals surface area contributed by atoms with Gasteiger partial charge in [0.1, 0.15) is 6.54 Å². The third-order valence-electron chi connectivity index (χ3n) is 5.95. The highest BCUT2D eigenvalue weighted by molar-refractivity contribution is 5.82. The van der Waals surface area contributed by atoms with E-state index in [0.717, 1.165) is 43.5 Å². The number of rotatable bonds is 4. The second kappa shape index (κ2) is 8.23. The maximum Gasteiger partial charge on any atom is 0.257 e. The number of piperazine rings is 1. The third-order valence-corrected chi connectivity index (χ3v) is 5.95. The zero-order valence-corrected chi connectivity index (χ0v) is 15.9. The van der Waals surface area contributed by atoms with E-state index in [1.54, 1.807) is 9.80 Å². The van der Waals surface area contributed by atoms with Crippen LogP contribution in [0.3, 0.4) is 0 Å². The molecule has 1 unspecified atom stereocenters. The number of nitrogens with zero attached hydrogens (tertiary/aromatic N) is 3. The molecule has 1 saturated carbocycles. The Hall–Kier alpha value is -1.85. The topological polar surface area (TPSA) is 45.6 Å². The van der Waals surface area contributed by atoms with E-state index in [2.05, 4.69) is 0 Å². The number of aromatic nitrogens is 1. The lowest BCUT2D eigenvalue weighted by molar-refractivity contribution is -0.144. The van der Waals surface area contributed by atoms with Gasteiger partial charge in [0.05, 0.1) is 0 Å². The maximum absolute atomic E-state index is 14.6. The Balaban J connectivity index is 1.50. The van der Waals surface area contributed by atoms with Crippen LogP contribution in [-0.2, 0) is 16.1 Å². The molecule has 2 fully saturated rings. The molecule has 3 rings (SSSR count). The number of alkyl halides is 1. The molecule has 2 aliphatic rings. The summed E-state index contributed by atoms with van der Waals surface area (Å²) in [6.45, 7) is 6.14. The predicted octanol–water partition coefficient (Wildman–Crippen LogP) is 2.69. The van der Waals surface area contributed by atoms with Gasteiger partial charge in [-0.25, -0.2) is 4.39 Å². The molecule has 1 atom stereocenters. The van der Waals surface area contributed by atoms with Crippen molar-refractivity contribution >= 4 is 11.8 Å². The quantitative estimate of drug-likeness (QED) is 0.826. The van der Waals surface area contributed by atoms with Gasteiger partial charge in [-0.05, 0) is 44.7 Å². The Morgan fingerprint density at radius 2 is 1.54 bits per heavy atom. The van der Waals surface area contributed by atoms with Crippen LogP contribution >= 0.6 is 0 Å². The molecule has 0 radical (unpaired) electrons. The number of carbonyl (C=O) groups is 2. The van der Waals surface area contributed by atoms with Crippen LogP contribution in [0.2, 0.25) is 0 Å². The molecule has 0 aromatic carbocycles. The van der Waals surface area contributed by atoms with Gasteiger partial charge in [0.25, 0.3) is 5.91 Å². The highest BCUT2D eigenvalue weighted by Gasteiger charge is 2.34. The molecule has 1 aliphatic heterocycles. The van der Waals surface area contributed by atoms with Crippen LogP contribution in [0.4, 0.5) is 4.39 Å². The Morgan fingerprint density at radius 1 is 1.00 bits per heavy atom. The Bertz CT molecular complexity index is 624. The summed E-state index contributed by atoms with van der Waals surface area (Å²) >= 11 is 0. The number of hydrogen-bond acceptors (Lipinski definition) is 2. The Morgan fingerprint density at radius 3 is 2.12 bits per heavy atom. The van der Waals surface area contributed by atoms with Gasteiger partial charge in [0, 0.05) is 37.6 Å². The molecule has 2 heterocycles. The summed E-state index contributed by atoms with van der Waals surface area (Å²) in [4.78, 5) is 28.4. The van der Waals surface area contributed by atoms with Crippen molar-refractivity contribution in [3.05, 3.63) is 23.5 Å². The SMILES string of the molecule is Cc1ccc(C)n1CC(=O)N1CCN(C(=O)C(F)C2CCCCC2)CC1. The fourth-order valence-corrected chi connectivity index (χ4v) is 4.16. The largest absolute Gasteiger partial charge is 0.340 e. The molecule has 1 aromatic heterocycles. The van der Waals surface area contributed by atoms with Crippen molar-refractivity contribution < 1.29 is 14.0 Å². The van der Waals surface area contributed by atoms with Gasteiger partial charge >= 0.3 is 0 Å². The Labute approximate surface area is 155 Å². The van der Waals surface area contributed by atoms with Crippen LogP contribution in [0, 0.1) is 19.8 Å². The van der Waals surface area contributed by atoms with Gasteiger partial charge in [-0.3, -0.25) is 9.59 Å². The summed E-state index contributed by atoms with van der Waals surface area (Å²) in [5.41, 5.74) is 2.13. The van der Waals surface area contributed by atoms with Crippen molar-refractivity contribution in [1.29, 1.82) is 0 Å². The van der Waals surface area contributed by atoms with Gasteiger partial charge in [-0.2, -0.15) is 0 Å². The van der Waals surface area contributed by atoms with Crippen LogP contribution < -0.4 is 0 Å². The van der Waals surface area contributed by atoms with Crippen LogP contribution in [0.1, 0.15) is 43.5 Å². The standard InChI is InChI=1S/C20H30FN3O2/c1-15-8-9-16(2)24(15)14-18(25)22-10-12-23(13-11-22)20(26)19(21)17-6-4-3-5-7-17/h8-9,17,19H,3-7,10-14H2,1-2H3. The van der Waals surface area contributed by atoms with Crippen molar-refractivity contribution in [2.24, 2.45) is 5.92 Å². The summed E-state index contributed by atoms with van der Waals surface area (Å²) in [7, 11) is 0. The average Bonchev–Trinajstić information content (AvgIpc) is 2.99. The van der Waals surface area contributed by atoms with E-state index in [1.165, 1.54) is 0 Å². The predicted molar refractivity (Wildman–Crippen MR) is 98.5 cm³/mol. The van der Waals surface area contributed by atoms with E-state index in [1.807, 2.05) is 30.5 Å². The van der Waals surface area contributed by atoms with E-state index in [4.69, 9.17) is 0 Å². The number of carbonyl (C=O) groups excluding carboxylic acids is 2. The molecule has 0 N–H and O–H groups in total. The summed E-state index contributed by atoms with van der Waals surface area (Å²) in [6, 6.07) is 4.01. The number of halogens is 1. The zero-order valence-electron chi connectivity index (χ0n) is 15.9. The maximum atomic E-state index is 14.6. The molecule has 144 valence electrons. The second-order valence-corrected chi connectivity index (χ2v) is 7.71. The highest BCUT2D eigenvalue weighted by atomic mass is 19.1. The summed E-state index contributed by atoms with van der Waals surface area (Å²) < 4.78 is 16.6. The van der Waals surface area contributed by atoms with Crippen LogP contribution in [0.25, 0.3) is 0 Å². The minimum absolute atomic E-state index is 0.0589. The first-order valence-corrected chi connectivity index (χ1v) is 9.80. The van der Waals surface area contributed by atoms with Gasteiger partial charge in [0.2, 0.25) is 5.91 Å². The lowest BCUT2D eigenvalue weighted by Gasteiger charge is -2.37. The summed E-state index contributed by atoms with van der Waals surface area (Å²) in [6.07, 6.45) is 3.47. The van der Waals surface area contributed by atoms with Gasteiger partial charge in [-0.1, -0.05) is 19.3 Å². The molecule has 26 heavy (non-hydrogen) atoms. The van der Waals surface area contributed by atoms with Crippen LogP contribution in [0.15, 0.2) is 12.1 Å². The summed E-state index contributed by atoms with van der Waals surface area (Å²) in [5, 5.41) is 0. The zero-order chi connectivity index (χ0) is 18.7. The number of amides is 2. The van der Waals surface area contributed by atoms with Crippen molar-refractivity contribution in [2.45, 2.75) is 58.7 Å². The molecule has 1 aromatic rings. The van der Waals surface area contributed by atoms with Crippen molar-refractivity contribution in [1.82, 2.24) is 14.4 Å². The first-order chi connectivity index (χ1) is 12.5. The van der Waals surface area contributed by atoms with E-state index >= 15 is 0 Å². The number of aryl methyl sites for hydroxylation is 2. The van der Waals surface area contributed by atoms with Crippen molar-refractivity contribution in [3.63, 3.8) is 0 Å². The lowest BCUT2D eigenvalue weighted by Crippen LogP contribution is -2.53. The fourth-order valence-electron chi connectivity index (χ4n) is 4.16. The number of hydrogen-bond donors (Lipinski definition) is 0. The van der Waals surface area contributed by atoms with Crippen molar-refractivity contribution in [3.8, 4) is 0 Å². The molecular weight excluding hydrogens is 333 g/mol. The lowest BCUT2D eigenvalue weighted by atomic mass is 9.85. The minimum atomic E-state index is -1.37. The minimum Gasteiger partial charge on any atom is -0.340 e. The molecule has 0 spiro atoms. The van der Waals surface area contributed by atoms with Gasteiger partial charge in [0.15, 0.2) is 6.17 Å². The van der Waals surface area contributed by atoms with Crippen LogP contribution in [0.5, 0.6) is 0 Å². The monoisotopic (exact) mass is 363 g/mol. The average molecular weight is 363 g/mol. The molecule has 2 amide bonds. The van der Waals surface area contributed by atoms with Crippen molar-refractivity contribution in [2.75, 3.05) is 26.2 Å². The van der Waals surface area contributed by atoms with E-state index in [9.17, 15) is 14.0 Å². The van der Waals surface area contributed by atoms with Gasteiger partial charge < -0.3 is 14.4 Å². The first-order valence-electron chi connectivity index (χ1n) is 9.80. The van der Waals surface area contributed by atoms with Crippen LogP contribution in [-0.4, -0.2) is 58.5 Å². The molecular formula is C20H30FN3O2. The molecule has 1 saturated heterocycles. The molecule has 6 heteroatoms. The molecule has 5 nitrogen and oxygen atoms in total. The smallest absolute Gasteiger partial charge is 0.257 e. The normalized spacial score (nSPS) is 20.3. The molecule has 0 bridgehead atoms. The van der Waals surface area contributed by atoms with E-state index in [0.29, 0.717) is 32.7 Å². The first kappa shape index (κ1) is 18.9. The van der Waals surface area contributed by atoms with Gasteiger partial charge in [-0.15, -0.1) is 0 Å². The van der Waals surface area contributed by atoms with E-state index < -0.39 is 6.17 Å². The third kappa shape index (κ3) is 4.10. The second-order valence-electron chi connectivity index (χ2n) is 7.71. The van der Waals surface area contributed by atoms with E-state index in [-0.39, 0.29) is 17.7 Å². The highest BCUT2D eigenvalue weighted by Crippen LogP contribution is 2.29. The summed E-state index contributed by atoms with van der Waals surface area (Å²) in [5.74, 6) is -0.430. The Kier molecular flexibility index (Phi) is 5.99. The fraction of sp³-hybridized carbons (Fsp3) is 0.700.